The molecule has 3 aromatic rings. The summed E-state index contributed by atoms with van der Waals surface area (Å²) in [4.78, 5) is 22.2. The SMILES string of the molecule is COc1cccc(N(CC2CC2)C2CCC(N(C)c3c(C#N)c(=O)n(C)c4ccc(Cl)nc34)CC2)c1. The highest BCUT2D eigenvalue weighted by molar-refractivity contribution is 6.29. The van der Waals surface area contributed by atoms with Crippen LogP contribution in [0.5, 0.6) is 5.75 Å². The lowest BCUT2D eigenvalue weighted by molar-refractivity contribution is 0.364. The summed E-state index contributed by atoms with van der Waals surface area (Å²) in [5, 5.41) is 10.3. The van der Waals surface area contributed by atoms with Crippen LogP contribution in [0.2, 0.25) is 5.15 Å². The second-order valence-corrected chi connectivity index (χ2v) is 10.5. The van der Waals surface area contributed by atoms with Crippen LogP contribution < -0.4 is 20.1 Å². The molecule has 0 radical (unpaired) electrons. The number of hydrogen-bond donors (Lipinski definition) is 0. The van der Waals surface area contributed by atoms with Crippen molar-refractivity contribution >= 4 is 34.0 Å². The summed E-state index contributed by atoms with van der Waals surface area (Å²) in [7, 11) is 5.36. The summed E-state index contributed by atoms with van der Waals surface area (Å²) >= 11 is 6.23. The van der Waals surface area contributed by atoms with Gasteiger partial charge in [0.25, 0.3) is 5.56 Å². The fourth-order valence-electron chi connectivity index (χ4n) is 5.59. The number of nitriles is 1. The van der Waals surface area contributed by atoms with E-state index >= 15 is 0 Å². The molecule has 188 valence electrons. The minimum Gasteiger partial charge on any atom is -0.497 e. The Labute approximate surface area is 216 Å². The fraction of sp³-hybridized carbons (Fsp3) is 0.464. The van der Waals surface area contributed by atoms with E-state index in [1.54, 1.807) is 26.3 Å². The number of pyridine rings is 2. The molecule has 2 aliphatic rings. The maximum absolute atomic E-state index is 13.0. The van der Waals surface area contributed by atoms with Gasteiger partial charge in [-0.3, -0.25) is 4.79 Å². The van der Waals surface area contributed by atoms with Gasteiger partial charge in [-0.15, -0.1) is 0 Å². The van der Waals surface area contributed by atoms with Crippen molar-refractivity contribution in [3.8, 4) is 11.8 Å². The Morgan fingerprint density at radius 3 is 2.53 bits per heavy atom. The number of ether oxygens (including phenoxy) is 1. The molecular weight excluding hydrogens is 474 g/mol. The van der Waals surface area contributed by atoms with Crippen molar-refractivity contribution in [3.05, 3.63) is 57.5 Å². The molecular formula is C28H32ClN5O2. The average Bonchev–Trinajstić information content (AvgIpc) is 3.73. The number of aryl methyl sites for hydroxylation is 1. The van der Waals surface area contributed by atoms with Crippen LogP contribution in [0.25, 0.3) is 11.0 Å². The van der Waals surface area contributed by atoms with Crippen LogP contribution in [-0.2, 0) is 7.05 Å². The molecule has 8 heteroatoms. The molecule has 0 bridgehead atoms. The molecule has 36 heavy (non-hydrogen) atoms. The zero-order chi connectivity index (χ0) is 25.4. The number of benzene rings is 1. The third-order valence-corrected chi connectivity index (χ3v) is 8.05. The van der Waals surface area contributed by atoms with Crippen LogP contribution in [0.15, 0.2) is 41.2 Å². The molecule has 2 fully saturated rings. The van der Waals surface area contributed by atoms with Crippen LogP contribution in [0.4, 0.5) is 11.4 Å². The number of anilines is 2. The van der Waals surface area contributed by atoms with Crippen molar-refractivity contribution in [2.75, 3.05) is 30.5 Å². The fourth-order valence-corrected chi connectivity index (χ4v) is 5.73. The lowest BCUT2D eigenvalue weighted by atomic mass is 9.88. The van der Waals surface area contributed by atoms with Crippen molar-refractivity contribution in [2.45, 2.75) is 50.6 Å². The first kappa shape index (κ1) is 24.5. The zero-order valence-electron chi connectivity index (χ0n) is 21.1. The number of halogens is 1. The number of aromatic nitrogens is 2. The Bertz CT molecular complexity index is 1370. The molecule has 5 rings (SSSR count). The van der Waals surface area contributed by atoms with Crippen molar-refractivity contribution in [2.24, 2.45) is 13.0 Å². The molecule has 1 aromatic carbocycles. The van der Waals surface area contributed by atoms with Crippen molar-refractivity contribution in [3.63, 3.8) is 0 Å². The van der Waals surface area contributed by atoms with Gasteiger partial charge < -0.3 is 19.1 Å². The van der Waals surface area contributed by atoms with Gasteiger partial charge in [0.05, 0.1) is 18.3 Å². The van der Waals surface area contributed by atoms with E-state index in [4.69, 9.17) is 16.3 Å². The van der Waals surface area contributed by atoms with Crippen LogP contribution in [-0.4, -0.2) is 42.3 Å². The van der Waals surface area contributed by atoms with Crippen LogP contribution in [0, 0.1) is 17.2 Å². The van der Waals surface area contributed by atoms with Crippen LogP contribution >= 0.6 is 11.6 Å². The molecule has 0 N–H and O–H groups in total. The molecule has 0 saturated heterocycles. The largest absolute Gasteiger partial charge is 0.497 e. The second kappa shape index (κ2) is 10.0. The minimum atomic E-state index is -0.307. The third kappa shape index (κ3) is 4.62. The first-order valence-electron chi connectivity index (χ1n) is 12.6. The molecule has 2 saturated carbocycles. The van der Waals surface area contributed by atoms with Crippen molar-refractivity contribution in [1.29, 1.82) is 5.26 Å². The van der Waals surface area contributed by atoms with E-state index in [1.165, 1.54) is 23.1 Å². The Morgan fingerprint density at radius 2 is 1.86 bits per heavy atom. The van der Waals surface area contributed by atoms with E-state index in [9.17, 15) is 10.1 Å². The molecule has 0 aliphatic heterocycles. The van der Waals surface area contributed by atoms with Gasteiger partial charge in [0.15, 0.2) is 0 Å². The highest BCUT2D eigenvalue weighted by Crippen LogP contribution is 2.38. The monoisotopic (exact) mass is 505 g/mol. The first-order chi connectivity index (χ1) is 17.4. The number of fused-ring (bicyclic) bond motifs is 1. The van der Waals surface area contributed by atoms with E-state index in [-0.39, 0.29) is 17.2 Å². The van der Waals surface area contributed by atoms with Gasteiger partial charge >= 0.3 is 0 Å². The molecule has 2 heterocycles. The maximum atomic E-state index is 13.0. The highest BCUT2D eigenvalue weighted by atomic mass is 35.5. The predicted octanol–water partition coefficient (Wildman–Crippen LogP) is 5.13. The summed E-state index contributed by atoms with van der Waals surface area (Å²) in [5.74, 6) is 1.66. The van der Waals surface area contributed by atoms with Crippen molar-refractivity contribution < 1.29 is 4.74 Å². The van der Waals surface area contributed by atoms with E-state index in [1.807, 2.05) is 13.1 Å². The summed E-state index contributed by atoms with van der Waals surface area (Å²) < 4.78 is 6.97. The Balaban J connectivity index is 1.41. The zero-order valence-corrected chi connectivity index (χ0v) is 21.8. The van der Waals surface area contributed by atoms with Crippen LogP contribution in [0.3, 0.4) is 0 Å². The third-order valence-electron chi connectivity index (χ3n) is 7.84. The molecule has 2 aliphatic carbocycles. The summed E-state index contributed by atoms with van der Waals surface area (Å²) in [6, 6.07) is 14.7. The van der Waals surface area contributed by atoms with E-state index in [0.29, 0.717) is 27.9 Å². The molecule has 2 aromatic heterocycles. The number of nitrogens with zero attached hydrogens (tertiary/aromatic N) is 5. The Morgan fingerprint density at radius 1 is 1.14 bits per heavy atom. The first-order valence-corrected chi connectivity index (χ1v) is 13.0. The molecule has 0 atom stereocenters. The Kier molecular flexibility index (Phi) is 6.81. The molecule has 7 nitrogen and oxygen atoms in total. The van der Waals surface area contributed by atoms with Gasteiger partial charge in [-0.05, 0) is 68.7 Å². The van der Waals surface area contributed by atoms with E-state index < -0.39 is 0 Å². The molecule has 0 unspecified atom stereocenters. The normalized spacial score (nSPS) is 19.6. The molecule has 0 amide bonds. The standard InChI is InChI=1S/C28H32ClN5O2/c1-32(27-23(16-30)28(35)33(2)24-13-14-25(29)31-26(24)27)19-9-11-20(12-10-19)34(17-18-7-8-18)21-5-4-6-22(15-21)36-3/h4-6,13-15,18-20H,7-12,17H2,1-3H3. The second-order valence-electron chi connectivity index (χ2n) is 10.1. The minimum absolute atomic E-state index is 0.121. The van der Waals surface area contributed by atoms with Gasteiger partial charge in [0.2, 0.25) is 0 Å². The topological polar surface area (TPSA) is 74.4 Å². The van der Waals surface area contributed by atoms with Gasteiger partial charge in [0.1, 0.15) is 28.1 Å². The summed E-state index contributed by atoms with van der Waals surface area (Å²) in [6.45, 7) is 1.08. The summed E-state index contributed by atoms with van der Waals surface area (Å²) in [5.41, 5.74) is 2.89. The summed E-state index contributed by atoms with van der Waals surface area (Å²) in [6.07, 6.45) is 6.63. The lowest BCUT2D eigenvalue weighted by Gasteiger charge is -2.41. The van der Waals surface area contributed by atoms with Gasteiger partial charge in [-0.1, -0.05) is 17.7 Å². The van der Waals surface area contributed by atoms with E-state index in [0.717, 1.165) is 43.9 Å². The highest BCUT2D eigenvalue weighted by Gasteiger charge is 2.33. The van der Waals surface area contributed by atoms with Gasteiger partial charge in [-0.25, -0.2) is 4.98 Å². The maximum Gasteiger partial charge on any atom is 0.270 e. The number of rotatable bonds is 7. The van der Waals surface area contributed by atoms with Crippen molar-refractivity contribution in [1.82, 2.24) is 9.55 Å². The average molecular weight is 506 g/mol. The molecule has 0 spiro atoms. The number of methoxy groups -OCH3 is 1. The predicted molar refractivity (Wildman–Crippen MR) is 144 cm³/mol. The smallest absolute Gasteiger partial charge is 0.270 e. The lowest BCUT2D eigenvalue weighted by Crippen LogP contribution is -2.44. The van der Waals surface area contributed by atoms with E-state index in [2.05, 4.69) is 39.1 Å². The quantitative estimate of drug-likeness (QED) is 0.414. The van der Waals surface area contributed by atoms with Crippen LogP contribution in [0.1, 0.15) is 44.1 Å². The van der Waals surface area contributed by atoms with Gasteiger partial charge in [-0.2, -0.15) is 5.26 Å². The Hall–Kier alpha value is -3.24. The van der Waals surface area contributed by atoms with Gasteiger partial charge in [0, 0.05) is 44.5 Å². The number of hydrogen-bond acceptors (Lipinski definition) is 6.